The molecule has 1 aliphatic carbocycles. The molecule has 2 unspecified atom stereocenters. The molecule has 1 aromatic heterocycles. The van der Waals surface area contributed by atoms with Crippen molar-refractivity contribution in [2.24, 2.45) is 11.8 Å². The molecule has 1 aromatic rings. The normalized spacial score (nSPS) is 23.3. The van der Waals surface area contributed by atoms with Crippen LogP contribution < -0.4 is 10.0 Å². The van der Waals surface area contributed by atoms with E-state index in [1.807, 2.05) is 6.92 Å². The summed E-state index contributed by atoms with van der Waals surface area (Å²) >= 11 is 0. The minimum absolute atomic E-state index is 0.0106. The number of hydrogen-bond acceptors (Lipinski definition) is 4. The van der Waals surface area contributed by atoms with Crippen molar-refractivity contribution >= 4 is 10.0 Å². The molecule has 0 bridgehead atoms. The van der Waals surface area contributed by atoms with E-state index in [1.165, 1.54) is 12.5 Å². The standard InChI is InChI=1S/C14H24N2O3S/c1-3-15-10-13-6-7-14(19-13)20(17,18)16-9-12-5-4-11(2)8-12/h6-7,11-12,15-16H,3-5,8-10H2,1-2H3. The van der Waals surface area contributed by atoms with Crippen LogP contribution in [0.1, 0.15) is 38.9 Å². The predicted molar refractivity (Wildman–Crippen MR) is 77.8 cm³/mol. The molecule has 114 valence electrons. The number of hydrogen-bond donors (Lipinski definition) is 2. The van der Waals surface area contributed by atoms with Crippen LogP contribution in [0.4, 0.5) is 0 Å². The highest BCUT2D eigenvalue weighted by molar-refractivity contribution is 7.89. The highest BCUT2D eigenvalue weighted by atomic mass is 32.2. The van der Waals surface area contributed by atoms with Crippen LogP contribution in [0.2, 0.25) is 0 Å². The van der Waals surface area contributed by atoms with Crippen LogP contribution in [0.15, 0.2) is 21.6 Å². The van der Waals surface area contributed by atoms with Crippen molar-refractivity contribution in [2.75, 3.05) is 13.1 Å². The Kier molecular flexibility index (Phi) is 5.23. The van der Waals surface area contributed by atoms with Crippen molar-refractivity contribution in [3.05, 3.63) is 17.9 Å². The molecule has 0 saturated heterocycles. The monoisotopic (exact) mass is 300 g/mol. The summed E-state index contributed by atoms with van der Waals surface area (Å²) in [4.78, 5) is 0. The van der Waals surface area contributed by atoms with Crippen LogP contribution in [0.5, 0.6) is 0 Å². The Morgan fingerprint density at radius 2 is 2.15 bits per heavy atom. The first-order valence-electron chi connectivity index (χ1n) is 7.30. The molecule has 5 nitrogen and oxygen atoms in total. The second-order valence-electron chi connectivity index (χ2n) is 5.64. The summed E-state index contributed by atoms with van der Waals surface area (Å²) < 4.78 is 32.3. The summed E-state index contributed by atoms with van der Waals surface area (Å²) in [5.74, 6) is 1.80. The number of furan rings is 1. The average Bonchev–Trinajstić information content (AvgIpc) is 3.03. The molecule has 0 spiro atoms. The summed E-state index contributed by atoms with van der Waals surface area (Å²) in [6.45, 7) is 6.09. The molecule has 0 amide bonds. The van der Waals surface area contributed by atoms with Gasteiger partial charge in [-0.1, -0.05) is 20.3 Å². The van der Waals surface area contributed by atoms with E-state index in [2.05, 4.69) is 17.0 Å². The van der Waals surface area contributed by atoms with Crippen molar-refractivity contribution in [2.45, 2.75) is 44.7 Å². The van der Waals surface area contributed by atoms with E-state index in [0.29, 0.717) is 30.7 Å². The Bertz CT molecular complexity index is 524. The van der Waals surface area contributed by atoms with Crippen molar-refractivity contribution in [3.63, 3.8) is 0 Å². The lowest BCUT2D eigenvalue weighted by molar-refractivity contribution is 0.399. The third-order valence-corrected chi connectivity index (χ3v) is 5.11. The molecule has 6 heteroatoms. The molecule has 2 N–H and O–H groups in total. The molecule has 0 radical (unpaired) electrons. The molecule has 1 saturated carbocycles. The van der Waals surface area contributed by atoms with Crippen LogP contribution in [0.3, 0.4) is 0 Å². The topological polar surface area (TPSA) is 71.3 Å². The van der Waals surface area contributed by atoms with Crippen LogP contribution in [-0.4, -0.2) is 21.5 Å². The van der Waals surface area contributed by atoms with Gasteiger partial charge < -0.3 is 9.73 Å². The maximum absolute atomic E-state index is 12.1. The summed E-state index contributed by atoms with van der Waals surface area (Å²) in [6, 6.07) is 3.22. The molecular formula is C14H24N2O3S. The van der Waals surface area contributed by atoms with Gasteiger partial charge in [0.2, 0.25) is 5.09 Å². The van der Waals surface area contributed by atoms with Gasteiger partial charge >= 0.3 is 0 Å². The van der Waals surface area contributed by atoms with E-state index < -0.39 is 10.0 Å². The van der Waals surface area contributed by atoms with E-state index in [0.717, 1.165) is 19.4 Å². The third kappa shape index (κ3) is 4.07. The predicted octanol–water partition coefficient (Wildman–Crippen LogP) is 2.10. The van der Waals surface area contributed by atoms with Crippen LogP contribution in [-0.2, 0) is 16.6 Å². The van der Waals surface area contributed by atoms with Crippen LogP contribution >= 0.6 is 0 Å². The van der Waals surface area contributed by atoms with Gasteiger partial charge in [-0.15, -0.1) is 0 Å². The Morgan fingerprint density at radius 1 is 1.35 bits per heavy atom. The third-order valence-electron chi connectivity index (χ3n) is 3.82. The maximum Gasteiger partial charge on any atom is 0.273 e. The highest BCUT2D eigenvalue weighted by Gasteiger charge is 2.25. The average molecular weight is 300 g/mol. The highest BCUT2D eigenvalue weighted by Crippen LogP contribution is 2.30. The molecule has 1 aliphatic rings. The Hall–Kier alpha value is -0.850. The van der Waals surface area contributed by atoms with Gasteiger partial charge in [-0.3, -0.25) is 0 Å². The Labute approximate surface area is 121 Å². The fourth-order valence-corrected chi connectivity index (χ4v) is 3.72. The minimum Gasteiger partial charge on any atom is -0.447 e. The number of sulfonamides is 1. The van der Waals surface area contributed by atoms with Crippen LogP contribution in [0, 0.1) is 11.8 Å². The second kappa shape index (κ2) is 6.74. The number of nitrogens with one attached hydrogen (secondary N) is 2. The van der Waals surface area contributed by atoms with Gasteiger partial charge in [0.25, 0.3) is 10.0 Å². The zero-order valence-electron chi connectivity index (χ0n) is 12.2. The van der Waals surface area contributed by atoms with E-state index >= 15 is 0 Å². The van der Waals surface area contributed by atoms with Gasteiger partial charge in [0.1, 0.15) is 5.76 Å². The molecule has 2 atom stereocenters. The molecule has 1 fully saturated rings. The van der Waals surface area contributed by atoms with Gasteiger partial charge in [-0.05, 0) is 43.4 Å². The smallest absolute Gasteiger partial charge is 0.273 e. The maximum atomic E-state index is 12.1. The van der Waals surface area contributed by atoms with Gasteiger partial charge in [-0.25, -0.2) is 13.1 Å². The van der Waals surface area contributed by atoms with Crippen molar-refractivity contribution in [1.82, 2.24) is 10.0 Å². The molecule has 20 heavy (non-hydrogen) atoms. The van der Waals surface area contributed by atoms with Gasteiger partial charge in [0, 0.05) is 6.54 Å². The largest absolute Gasteiger partial charge is 0.447 e. The molecule has 0 aromatic carbocycles. The summed E-state index contributed by atoms with van der Waals surface area (Å²) in [5, 5.41) is 3.11. The van der Waals surface area contributed by atoms with E-state index in [-0.39, 0.29) is 5.09 Å². The molecule has 1 heterocycles. The summed E-state index contributed by atoms with van der Waals surface area (Å²) in [5.41, 5.74) is 0. The first kappa shape index (κ1) is 15.5. The van der Waals surface area contributed by atoms with Crippen molar-refractivity contribution < 1.29 is 12.8 Å². The van der Waals surface area contributed by atoms with E-state index in [1.54, 1.807) is 6.07 Å². The van der Waals surface area contributed by atoms with Crippen molar-refractivity contribution in [3.8, 4) is 0 Å². The van der Waals surface area contributed by atoms with Gasteiger partial charge in [-0.2, -0.15) is 0 Å². The fourth-order valence-electron chi connectivity index (χ4n) is 2.65. The minimum atomic E-state index is -3.51. The lowest BCUT2D eigenvalue weighted by Gasteiger charge is -2.10. The lowest BCUT2D eigenvalue weighted by atomic mass is 10.1. The van der Waals surface area contributed by atoms with E-state index in [4.69, 9.17) is 4.42 Å². The van der Waals surface area contributed by atoms with Crippen molar-refractivity contribution in [1.29, 1.82) is 0 Å². The quantitative estimate of drug-likeness (QED) is 0.809. The zero-order chi connectivity index (χ0) is 14.6. The van der Waals surface area contributed by atoms with Crippen LogP contribution in [0.25, 0.3) is 0 Å². The van der Waals surface area contributed by atoms with Gasteiger partial charge in [0.15, 0.2) is 0 Å². The van der Waals surface area contributed by atoms with Gasteiger partial charge in [0.05, 0.1) is 6.54 Å². The zero-order valence-corrected chi connectivity index (χ0v) is 13.0. The second-order valence-corrected chi connectivity index (χ2v) is 7.34. The number of rotatable bonds is 7. The summed E-state index contributed by atoms with van der Waals surface area (Å²) in [6.07, 6.45) is 3.40. The first-order chi connectivity index (χ1) is 9.51. The lowest BCUT2D eigenvalue weighted by Crippen LogP contribution is -2.28. The first-order valence-corrected chi connectivity index (χ1v) is 8.78. The summed E-state index contributed by atoms with van der Waals surface area (Å²) in [7, 11) is -3.51. The van der Waals surface area contributed by atoms with E-state index in [9.17, 15) is 8.42 Å². The molecule has 2 rings (SSSR count). The Balaban J connectivity index is 1.90. The fraction of sp³-hybridized carbons (Fsp3) is 0.714. The molecular weight excluding hydrogens is 276 g/mol. The molecule has 0 aliphatic heterocycles. The Morgan fingerprint density at radius 3 is 2.80 bits per heavy atom. The SMILES string of the molecule is CCNCc1ccc(S(=O)(=O)NCC2CCC(C)C2)o1.